The molecule has 0 saturated carbocycles. The van der Waals surface area contributed by atoms with Gasteiger partial charge in [-0.3, -0.25) is 0 Å². The summed E-state index contributed by atoms with van der Waals surface area (Å²) in [4.78, 5) is 2.79. The molecule has 0 aliphatic carbocycles. The molecule has 1 aromatic carbocycles. The minimum absolute atomic E-state index is 0.397. The van der Waals surface area contributed by atoms with Crippen LogP contribution >= 0.6 is 12.2 Å². The van der Waals surface area contributed by atoms with Crippen molar-refractivity contribution in [1.29, 1.82) is 0 Å². The summed E-state index contributed by atoms with van der Waals surface area (Å²) in [6, 6.07) is 7.62. The predicted octanol–water partition coefficient (Wildman–Crippen LogP) is 2.87. The highest BCUT2D eigenvalue weighted by molar-refractivity contribution is 7.80. The Kier molecular flexibility index (Phi) is 6.15. The normalized spacial score (nSPS) is 21.7. The Bertz CT molecular complexity index is 460. The van der Waals surface area contributed by atoms with Crippen molar-refractivity contribution in [2.75, 3.05) is 19.6 Å². The first-order valence-corrected chi connectivity index (χ1v) is 8.31. The number of hydrogen-bond acceptors (Lipinski definition) is 3. The molecule has 1 fully saturated rings. The van der Waals surface area contributed by atoms with Gasteiger partial charge < -0.3 is 15.7 Å². The van der Waals surface area contributed by atoms with E-state index in [2.05, 4.69) is 11.8 Å². The molecule has 1 aliphatic heterocycles. The Morgan fingerprint density at radius 1 is 1.33 bits per heavy atom. The number of benzene rings is 1. The van der Waals surface area contributed by atoms with E-state index in [1.54, 1.807) is 0 Å². The summed E-state index contributed by atoms with van der Waals surface area (Å²) in [5, 5.41) is 10.4. The van der Waals surface area contributed by atoms with E-state index in [0.717, 1.165) is 30.1 Å². The summed E-state index contributed by atoms with van der Waals surface area (Å²) in [6.45, 7) is 5.18. The molecule has 3 nitrogen and oxygen atoms in total. The van der Waals surface area contributed by atoms with Gasteiger partial charge in [0, 0.05) is 12.1 Å². The molecule has 2 unspecified atom stereocenters. The molecule has 0 aromatic heterocycles. The van der Waals surface area contributed by atoms with E-state index in [1.807, 2.05) is 24.3 Å². The van der Waals surface area contributed by atoms with Gasteiger partial charge in [0.2, 0.25) is 0 Å². The standard InChI is InChI=1S/C17H26N2OS/c1-2-13-4-3-10-19(11-9-13)12-16(20)14-5-7-15(8-6-14)17(18)21/h5-8,13,16,20H,2-4,9-12H2,1H3,(H2,18,21). The highest BCUT2D eigenvalue weighted by atomic mass is 32.1. The highest BCUT2D eigenvalue weighted by Gasteiger charge is 2.18. The van der Waals surface area contributed by atoms with Gasteiger partial charge in [0.25, 0.3) is 0 Å². The van der Waals surface area contributed by atoms with Crippen LogP contribution in [-0.2, 0) is 0 Å². The summed E-state index contributed by atoms with van der Waals surface area (Å²) >= 11 is 4.95. The molecule has 0 bridgehead atoms. The Labute approximate surface area is 133 Å². The van der Waals surface area contributed by atoms with Crippen molar-refractivity contribution >= 4 is 17.2 Å². The van der Waals surface area contributed by atoms with Crippen LogP contribution in [0.2, 0.25) is 0 Å². The average Bonchev–Trinajstić information content (AvgIpc) is 2.72. The fraction of sp³-hybridized carbons (Fsp3) is 0.588. The second kappa shape index (κ2) is 7.87. The fourth-order valence-corrected chi connectivity index (χ4v) is 3.17. The lowest BCUT2D eigenvalue weighted by atomic mass is 9.98. The van der Waals surface area contributed by atoms with Crippen molar-refractivity contribution in [3.8, 4) is 0 Å². The topological polar surface area (TPSA) is 49.5 Å². The Morgan fingerprint density at radius 3 is 2.67 bits per heavy atom. The molecule has 1 heterocycles. The second-order valence-corrected chi connectivity index (χ2v) is 6.45. The van der Waals surface area contributed by atoms with Crippen LogP contribution in [0.25, 0.3) is 0 Å². The number of aliphatic hydroxyl groups excluding tert-OH is 1. The minimum Gasteiger partial charge on any atom is -0.389 e. The van der Waals surface area contributed by atoms with Crippen LogP contribution in [-0.4, -0.2) is 34.6 Å². The van der Waals surface area contributed by atoms with Crippen molar-refractivity contribution < 1.29 is 5.11 Å². The SMILES string of the molecule is CCC1CCCN(CC(O)c2ccc(C(N)=S)cc2)CC1. The van der Waals surface area contributed by atoms with E-state index in [1.165, 1.54) is 25.7 Å². The maximum Gasteiger partial charge on any atom is 0.103 e. The minimum atomic E-state index is -0.441. The van der Waals surface area contributed by atoms with Crippen LogP contribution in [0.1, 0.15) is 49.8 Å². The van der Waals surface area contributed by atoms with Crippen molar-refractivity contribution in [3.05, 3.63) is 35.4 Å². The van der Waals surface area contributed by atoms with Crippen LogP contribution in [0.15, 0.2) is 24.3 Å². The molecular weight excluding hydrogens is 280 g/mol. The number of nitrogens with zero attached hydrogens (tertiary/aromatic N) is 1. The van der Waals surface area contributed by atoms with Crippen LogP contribution in [0, 0.1) is 5.92 Å². The van der Waals surface area contributed by atoms with E-state index in [-0.39, 0.29) is 0 Å². The van der Waals surface area contributed by atoms with Crippen molar-refractivity contribution in [2.45, 2.75) is 38.7 Å². The number of likely N-dealkylation sites (tertiary alicyclic amines) is 1. The van der Waals surface area contributed by atoms with Gasteiger partial charge in [-0.1, -0.05) is 49.8 Å². The van der Waals surface area contributed by atoms with Crippen LogP contribution in [0.3, 0.4) is 0 Å². The van der Waals surface area contributed by atoms with Crippen LogP contribution in [0.4, 0.5) is 0 Å². The lowest BCUT2D eigenvalue weighted by molar-refractivity contribution is 0.114. The maximum absolute atomic E-state index is 10.4. The number of hydrogen-bond donors (Lipinski definition) is 2. The maximum atomic E-state index is 10.4. The van der Waals surface area contributed by atoms with E-state index in [0.29, 0.717) is 11.5 Å². The number of β-amino-alcohol motifs (C(OH)–C–C–N with tert-alkyl or cyclic N) is 1. The molecular formula is C17H26N2OS. The first-order chi connectivity index (χ1) is 10.1. The largest absolute Gasteiger partial charge is 0.389 e. The first kappa shape index (κ1) is 16.4. The molecule has 1 aliphatic rings. The third-order valence-electron chi connectivity index (χ3n) is 4.53. The van der Waals surface area contributed by atoms with E-state index >= 15 is 0 Å². The monoisotopic (exact) mass is 306 g/mol. The highest BCUT2D eigenvalue weighted by Crippen LogP contribution is 2.22. The van der Waals surface area contributed by atoms with Gasteiger partial charge in [0.1, 0.15) is 4.99 Å². The molecule has 1 saturated heterocycles. The molecule has 3 N–H and O–H groups in total. The zero-order chi connectivity index (χ0) is 15.2. The molecule has 2 atom stereocenters. The fourth-order valence-electron chi connectivity index (χ4n) is 3.04. The molecule has 116 valence electrons. The average molecular weight is 306 g/mol. The molecule has 4 heteroatoms. The zero-order valence-electron chi connectivity index (χ0n) is 12.8. The second-order valence-electron chi connectivity index (χ2n) is 6.01. The summed E-state index contributed by atoms with van der Waals surface area (Å²) in [5.74, 6) is 0.858. The van der Waals surface area contributed by atoms with Crippen molar-refractivity contribution in [1.82, 2.24) is 4.90 Å². The lowest BCUT2D eigenvalue weighted by Gasteiger charge is -2.23. The lowest BCUT2D eigenvalue weighted by Crippen LogP contribution is -2.29. The van der Waals surface area contributed by atoms with Gasteiger partial charge in [0.15, 0.2) is 0 Å². The molecule has 21 heavy (non-hydrogen) atoms. The molecule has 1 aromatic rings. The smallest absolute Gasteiger partial charge is 0.103 e. The molecule has 0 spiro atoms. The third kappa shape index (κ3) is 4.77. The summed E-state index contributed by atoms with van der Waals surface area (Å²) in [7, 11) is 0. The van der Waals surface area contributed by atoms with E-state index < -0.39 is 6.10 Å². The predicted molar refractivity (Wildman–Crippen MR) is 91.4 cm³/mol. The van der Waals surface area contributed by atoms with Crippen LogP contribution in [0.5, 0.6) is 0 Å². The number of rotatable bonds is 5. The first-order valence-electron chi connectivity index (χ1n) is 7.90. The summed E-state index contributed by atoms with van der Waals surface area (Å²) in [6.07, 6.45) is 4.65. The van der Waals surface area contributed by atoms with Gasteiger partial charge in [-0.05, 0) is 43.8 Å². The number of aliphatic hydroxyl groups is 1. The van der Waals surface area contributed by atoms with Crippen molar-refractivity contribution in [2.24, 2.45) is 11.7 Å². The van der Waals surface area contributed by atoms with Gasteiger partial charge >= 0.3 is 0 Å². The quantitative estimate of drug-likeness (QED) is 0.821. The Morgan fingerprint density at radius 2 is 2.05 bits per heavy atom. The number of nitrogens with two attached hydrogens (primary N) is 1. The van der Waals surface area contributed by atoms with Gasteiger partial charge in [-0.15, -0.1) is 0 Å². The number of thiocarbonyl (C=S) groups is 1. The molecule has 2 rings (SSSR count). The molecule has 0 radical (unpaired) electrons. The molecule has 0 amide bonds. The zero-order valence-corrected chi connectivity index (χ0v) is 13.6. The third-order valence-corrected chi connectivity index (χ3v) is 4.76. The Balaban J connectivity index is 1.91. The summed E-state index contributed by atoms with van der Waals surface area (Å²) in [5.41, 5.74) is 7.38. The van der Waals surface area contributed by atoms with Crippen LogP contribution < -0.4 is 5.73 Å². The van der Waals surface area contributed by atoms with E-state index in [4.69, 9.17) is 18.0 Å². The van der Waals surface area contributed by atoms with Gasteiger partial charge in [0.05, 0.1) is 6.10 Å². The Hall–Kier alpha value is -0.970. The van der Waals surface area contributed by atoms with Gasteiger partial charge in [-0.25, -0.2) is 0 Å². The van der Waals surface area contributed by atoms with Crippen molar-refractivity contribution in [3.63, 3.8) is 0 Å². The van der Waals surface area contributed by atoms with E-state index in [9.17, 15) is 5.11 Å². The van der Waals surface area contributed by atoms with Gasteiger partial charge in [-0.2, -0.15) is 0 Å². The summed E-state index contributed by atoms with van der Waals surface area (Å²) < 4.78 is 0.